The fourth-order valence-electron chi connectivity index (χ4n) is 4.00. The maximum atomic E-state index is 13.3. The van der Waals surface area contributed by atoms with Crippen LogP contribution in [0.3, 0.4) is 0 Å². The number of sulfonamides is 1. The fraction of sp³-hybridized carbons (Fsp3) is 0.522. The zero-order chi connectivity index (χ0) is 24.9. The standard InChI is InChI=1S/C23H33N5O5S/c1-16-11-28(12-18-9-24-15-25-10-18)17(2)14-33-21-7-6-19(26-34(5,30)31)8-20(21)23(29)27(3)13-22(16)32-4/h6-10,15-17,22,26H,11-14H2,1-5H3/t16-,17-,22+/m0/s1. The Bertz CT molecular complexity index is 1080. The number of nitrogens with zero attached hydrogens (tertiary/aromatic N) is 4. The van der Waals surface area contributed by atoms with Crippen LogP contribution in [0.5, 0.6) is 5.75 Å². The Balaban J connectivity index is 1.96. The summed E-state index contributed by atoms with van der Waals surface area (Å²) in [4.78, 5) is 25.4. The average molecular weight is 492 g/mol. The number of methoxy groups -OCH3 is 1. The van der Waals surface area contributed by atoms with Crippen molar-refractivity contribution in [2.24, 2.45) is 5.92 Å². The van der Waals surface area contributed by atoms with Crippen LogP contribution in [-0.2, 0) is 21.3 Å². The first-order chi connectivity index (χ1) is 16.1. The van der Waals surface area contributed by atoms with Gasteiger partial charge in [-0.05, 0) is 31.0 Å². The number of ether oxygens (including phenoxy) is 2. The van der Waals surface area contributed by atoms with Crippen molar-refractivity contribution in [2.45, 2.75) is 32.5 Å². The first kappa shape index (κ1) is 25.9. The second-order valence-corrected chi connectivity index (χ2v) is 10.6. The van der Waals surface area contributed by atoms with E-state index in [1.165, 1.54) is 12.4 Å². The number of anilines is 1. The normalized spacial score (nSPS) is 22.8. The van der Waals surface area contributed by atoms with Gasteiger partial charge in [0.05, 0.1) is 17.9 Å². The van der Waals surface area contributed by atoms with Crippen LogP contribution in [0.25, 0.3) is 0 Å². The van der Waals surface area contributed by atoms with E-state index in [0.717, 1.165) is 18.4 Å². The minimum atomic E-state index is -3.49. The van der Waals surface area contributed by atoms with Gasteiger partial charge in [-0.15, -0.1) is 0 Å². The topological polar surface area (TPSA) is 114 Å². The van der Waals surface area contributed by atoms with E-state index < -0.39 is 10.0 Å². The van der Waals surface area contributed by atoms with Gasteiger partial charge in [-0.2, -0.15) is 0 Å². The van der Waals surface area contributed by atoms with Gasteiger partial charge in [0.1, 0.15) is 18.7 Å². The summed E-state index contributed by atoms with van der Waals surface area (Å²) in [6.07, 6.45) is 5.97. The Morgan fingerprint density at radius 1 is 1.21 bits per heavy atom. The average Bonchev–Trinajstić information content (AvgIpc) is 2.79. The van der Waals surface area contributed by atoms with Crippen molar-refractivity contribution in [3.63, 3.8) is 0 Å². The van der Waals surface area contributed by atoms with Crippen LogP contribution in [0, 0.1) is 5.92 Å². The molecule has 2 heterocycles. The summed E-state index contributed by atoms with van der Waals surface area (Å²) >= 11 is 0. The SMILES string of the molecule is CO[C@@H]1CN(C)C(=O)c2cc(NS(C)(=O)=O)ccc2OC[C@H](C)N(Cc2cncnc2)C[C@@H]1C. The number of carbonyl (C=O) groups excluding carboxylic acids is 1. The predicted octanol–water partition coefficient (Wildman–Crippen LogP) is 1.85. The zero-order valence-corrected chi connectivity index (χ0v) is 21.1. The van der Waals surface area contributed by atoms with Crippen LogP contribution in [0.1, 0.15) is 29.8 Å². The van der Waals surface area contributed by atoms with E-state index >= 15 is 0 Å². The van der Waals surface area contributed by atoms with E-state index in [0.29, 0.717) is 31.1 Å². The van der Waals surface area contributed by atoms with Gasteiger partial charge < -0.3 is 14.4 Å². The van der Waals surface area contributed by atoms with E-state index in [4.69, 9.17) is 9.47 Å². The van der Waals surface area contributed by atoms with Crippen molar-refractivity contribution in [1.29, 1.82) is 0 Å². The maximum Gasteiger partial charge on any atom is 0.257 e. The number of benzene rings is 1. The molecule has 34 heavy (non-hydrogen) atoms. The third-order valence-electron chi connectivity index (χ3n) is 5.88. The van der Waals surface area contributed by atoms with E-state index in [-0.39, 0.29) is 29.5 Å². The number of likely N-dealkylation sites (N-methyl/N-ethyl adjacent to an activating group) is 1. The lowest BCUT2D eigenvalue weighted by Gasteiger charge is -2.36. The number of amides is 1. The van der Waals surface area contributed by atoms with Crippen LogP contribution in [0.2, 0.25) is 0 Å². The molecule has 1 amide bonds. The second-order valence-electron chi connectivity index (χ2n) is 8.86. The van der Waals surface area contributed by atoms with Gasteiger partial charge in [-0.3, -0.25) is 14.4 Å². The number of carbonyl (C=O) groups is 1. The Labute approximate surface area is 201 Å². The number of rotatable bonds is 5. The van der Waals surface area contributed by atoms with Crippen LogP contribution in [0.4, 0.5) is 5.69 Å². The lowest BCUT2D eigenvalue weighted by atomic mass is 10.0. The summed E-state index contributed by atoms with van der Waals surface area (Å²) in [5.74, 6) is 0.241. The molecule has 0 aliphatic carbocycles. The number of hydrogen-bond donors (Lipinski definition) is 1. The molecule has 10 nitrogen and oxygen atoms in total. The zero-order valence-electron chi connectivity index (χ0n) is 20.3. The summed E-state index contributed by atoms with van der Waals surface area (Å²) in [6.45, 7) is 6.24. The highest BCUT2D eigenvalue weighted by molar-refractivity contribution is 7.92. The van der Waals surface area contributed by atoms with Crippen LogP contribution >= 0.6 is 0 Å². The highest BCUT2D eigenvalue weighted by atomic mass is 32.2. The molecule has 3 rings (SSSR count). The number of fused-ring (bicyclic) bond motifs is 1. The summed E-state index contributed by atoms with van der Waals surface area (Å²) < 4.78 is 37.7. The lowest BCUT2D eigenvalue weighted by molar-refractivity contribution is 0.00918. The summed E-state index contributed by atoms with van der Waals surface area (Å²) in [5, 5.41) is 0. The van der Waals surface area contributed by atoms with Crippen molar-refractivity contribution in [2.75, 3.05) is 44.8 Å². The van der Waals surface area contributed by atoms with Gasteiger partial charge >= 0.3 is 0 Å². The lowest BCUT2D eigenvalue weighted by Crippen LogP contribution is -2.46. The van der Waals surface area contributed by atoms with Crippen molar-refractivity contribution < 1.29 is 22.7 Å². The molecule has 0 saturated carbocycles. The minimum absolute atomic E-state index is 0.00842. The number of aromatic nitrogens is 2. The molecular weight excluding hydrogens is 458 g/mol. The second kappa shape index (κ2) is 11.1. The quantitative estimate of drug-likeness (QED) is 0.674. The van der Waals surface area contributed by atoms with Crippen LogP contribution in [0.15, 0.2) is 36.9 Å². The molecule has 0 fully saturated rings. The number of hydrogen-bond acceptors (Lipinski definition) is 8. The molecule has 3 atom stereocenters. The molecule has 1 aliphatic heterocycles. The largest absolute Gasteiger partial charge is 0.491 e. The first-order valence-corrected chi connectivity index (χ1v) is 13.0. The molecule has 2 aromatic rings. The molecule has 1 aromatic carbocycles. The van der Waals surface area contributed by atoms with E-state index in [2.05, 4.69) is 33.4 Å². The monoisotopic (exact) mass is 491 g/mol. The van der Waals surface area contributed by atoms with Gasteiger partial charge in [0.2, 0.25) is 10.0 Å². The molecule has 0 saturated heterocycles. The van der Waals surface area contributed by atoms with E-state index in [1.54, 1.807) is 43.6 Å². The Hall–Kier alpha value is -2.76. The Kier molecular flexibility index (Phi) is 8.45. The minimum Gasteiger partial charge on any atom is -0.491 e. The van der Waals surface area contributed by atoms with E-state index in [9.17, 15) is 13.2 Å². The molecule has 0 radical (unpaired) electrons. The maximum absolute atomic E-state index is 13.3. The molecule has 1 N–H and O–H groups in total. The molecule has 0 spiro atoms. The van der Waals surface area contributed by atoms with Crippen molar-refractivity contribution in [1.82, 2.24) is 19.8 Å². The van der Waals surface area contributed by atoms with Crippen molar-refractivity contribution in [3.05, 3.63) is 48.0 Å². The summed E-state index contributed by atoms with van der Waals surface area (Å²) in [7, 11) is -0.142. The third kappa shape index (κ3) is 6.87. The Morgan fingerprint density at radius 2 is 1.91 bits per heavy atom. The predicted molar refractivity (Wildman–Crippen MR) is 129 cm³/mol. The van der Waals surface area contributed by atoms with Gasteiger partial charge in [0, 0.05) is 63.5 Å². The third-order valence-corrected chi connectivity index (χ3v) is 6.48. The van der Waals surface area contributed by atoms with Gasteiger partial charge in [-0.25, -0.2) is 18.4 Å². The molecule has 186 valence electrons. The van der Waals surface area contributed by atoms with Gasteiger partial charge in [0.15, 0.2) is 0 Å². The van der Waals surface area contributed by atoms with Crippen molar-refractivity contribution in [3.8, 4) is 5.75 Å². The fourth-order valence-corrected chi connectivity index (χ4v) is 4.55. The highest BCUT2D eigenvalue weighted by Crippen LogP contribution is 2.27. The highest BCUT2D eigenvalue weighted by Gasteiger charge is 2.28. The summed E-state index contributed by atoms with van der Waals surface area (Å²) in [5.41, 5.74) is 1.58. The molecular formula is C23H33N5O5S. The smallest absolute Gasteiger partial charge is 0.257 e. The van der Waals surface area contributed by atoms with Crippen molar-refractivity contribution >= 4 is 21.6 Å². The van der Waals surface area contributed by atoms with Gasteiger partial charge in [0.25, 0.3) is 5.91 Å². The van der Waals surface area contributed by atoms with Crippen LogP contribution in [-0.4, -0.2) is 86.3 Å². The first-order valence-electron chi connectivity index (χ1n) is 11.1. The molecule has 0 bridgehead atoms. The molecule has 11 heteroatoms. The molecule has 1 aliphatic rings. The van der Waals surface area contributed by atoms with E-state index in [1.807, 2.05) is 0 Å². The summed E-state index contributed by atoms with van der Waals surface area (Å²) in [6, 6.07) is 4.73. The van der Waals surface area contributed by atoms with Gasteiger partial charge in [-0.1, -0.05) is 6.92 Å². The molecule has 1 aromatic heterocycles. The Morgan fingerprint density at radius 3 is 2.56 bits per heavy atom. The number of nitrogens with one attached hydrogen (secondary N) is 1. The van der Waals surface area contributed by atoms with Crippen LogP contribution < -0.4 is 9.46 Å². The molecule has 0 unspecified atom stereocenters.